The Morgan fingerprint density at radius 1 is 1.31 bits per heavy atom. The number of hydrogen-bond acceptors (Lipinski definition) is 2. The first-order chi connectivity index (χ1) is 6.23. The summed E-state index contributed by atoms with van der Waals surface area (Å²) < 4.78 is 0. The minimum Gasteiger partial charge on any atom is -0.394 e. The number of rotatable bonds is 4. The van der Waals surface area contributed by atoms with Crippen LogP contribution >= 0.6 is 0 Å². The van der Waals surface area contributed by atoms with E-state index in [0.29, 0.717) is 0 Å². The molecule has 0 saturated carbocycles. The molecule has 0 aromatic heterocycles. The highest BCUT2D eigenvalue weighted by Gasteiger charge is 2.23. The lowest BCUT2D eigenvalue weighted by atomic mass is 9.93. The van der Waals surface area contributed by atoms with E-state index < -0.39 is 0 Å². The Morgan fingerprint density at radius 2 is 1.92 bits per heavy atom. The van der Waals surface area contributed by atoms with Crippen molar-refractivity contribution in [3.05, 3.63) is 35.9 Å². The second-order valence-corrected chi connectivity index (χ2v) is 3.39. The predicted molar refractivity (Wildman–Crippen MR) is 54.6 cm³/mol. The summed E-state index contributed by atoms with van der Waals surface area (Å²) in [7, 11) is 0. The van der Waals surface area contributed by atoms with Gasteiger partial charge in [0.05, 0.1) is 12.1 Å². The molecule has 0 fully saturated rings. The van der Waals surface area contributed by atoms with E-state index in [0.717, 1.165) is 12.1 Å². The van der Waals surface area contributed by atoms with Gasteiger partial charge in [-0.3, -0.25) is 0 Å². The normalized spacial score (nSPS) is 15.3. The van der Waals surface area contributed by atoms with E-state index in [4.69, 9.17) is 0 Å². The van der Waals surface area contributed by atoms with E-state index in [1.165, 1.54) is 0 Å². The summed E-state index contributed by atoms with van der Waals surface area (Å²) in [5.41, 5.74) is 0.815. The molecule has 72 valence electrons. The lowest BCUT2D eigenvalue weighted by molar-refractivity contribution is 0.177. The topological polar surface area (TPSA) is 32.3 Å². The standard InChI is InChI=1S/C11H17NO/c1-3-12-11(2,9-13)10-7-5-4-6-8-10/h4-8,12-13H,3,9H2,1-2H3. The smallest absolute Gasteiger partial charge is 0.0652 e. The van der Waals surface area contributed by atoms with Crippen LogP contribution in [0, 0.1) is 0 Å². The van der Waals surface area contributed by atoms with Gasteiger partial charge in [0.1, 0.15) is 0 Å². The highest BCUT2D eigenvalue weighted by Crippen LogP contribution is 2.18. The van der Waals surface area contributed by atoms with Gasteiger partial charge in [0.2, 0.25) is 0 Å². The second-order valence-electron chi connectivity index (χ2n) is 3.39. The molecule has 2 N–H and O–H groups in total. The Labute approximate surface area is 79.6 Å². The van der Waals surface area contributed by atoms with E-state index in [-0.39, 0.29) is 12.1 Å². The first kappa shape index (κ1) is 10.2. The maximum absolute atomic E-state index is 9.31. The van der Waals surface area contributed by atoms with Crippen molar-refractivity contribution in [1.82, 2.24) is 5.32 Å². The summed E-state index contributed by atoms with van der Waals surface area (Å²) in [6, 6.07) is 10.0. The number of likely N-dealkylation sites (N-methyl/N-ethyl adjacent to an activating group) is 1. The number of hydrogen-bond donors (Lipinski definition) is 2. The average molecular weight is 179 g/mol. The third kappa shape index (κ3) is 2.29. The van der Waals surface area contributed by atoms with Crippen molar-refractivity contribution < 1.29 is 5.11 Å². The van der Waals surface area contributed by atoms with E-state index in [2.05, 4.69) is 5.32 Å². The number of aliphatic hydroxyl groups excluding tert-OH is 1. The fourth-order valence-corrected chi connectivity index (χ4v) is 1.45. The Bertz CT molecular complexity index is 248. The molecule has 2 heteroatoms. The number of nitrogens with one attached hydrogen (secondary N) is 1. The van der Waals surface area contributed by atoms with Gasteiger partial charge in [0, 0.05) is 0 Å². The second kappa shape index (κ2) is 4.40. The average Bonchev–Trinajstić information content (AvgIpc) is 2.19. The lowest BCUT2D eigenvalue weighted by Crippen LogP contribution is -2.42. The van der Waals surface area contributed by atoms with Crippen molar-refractivity contribution in [3.63, 3.8) is 0 Å². The summed E-state index contributed by atoms with van der Waals surface area (Å²) in [5, 5.41) is 12.6. The summed E-state index contributed by atoms with van der Waals surface area (Å²) in [4.78, 5) is 0. The van der Waals surface area contributed by atoms with Crippen LogP contribution < -0.4 is 5.32 Å². The van der Waals surface area contributed by atoms with Gasteiger partial charge in [0.15, 0.2) is 0 Å². The fourth-order valence-electron chi connectivity index (χ4n) is 1.45. The van der Waals surface area contributed by atoms with Crippen LogP contribution in [0.4, 0.5) is 0 Å². The summed E-state index contributed by atoms with van der Waals surface area (Å²) in [6.45, 7) is 5.01. The van der Waals surface area contributed by atoms with Crippen molar-refractivity contribution in [2.45, 2.75) is 19.4 Å². The first-order valence-corrected chi connectivity index (χ1v) is 4.64. The molecule has 0 spiro atoms. The van der Waals surface area contributed by atoms with Gasteiger partial charge in [0.25, 0.3) is 0 Å². The zero-order valence-electron chi connectivity index (χ0n) is 8.25. The quantitative estimate of drug-likeness (QED) is 0.734. The van der Waals surface area contributed by atoms with E-state index in [1.54, 1.807) is 0 Å². The van der Waals surface area contributed by atoms with Gasteiger partial charge in [-0.15, -0.1) is 0 Å². The predicted octanol–water partition coefficient (Wildman–Crippen LogP) is 1.50. The SMILES string of the molecule is CCNC(C)(CO)c1ccccc1. The molecule has 1 aromatic rings. The minimum absolute atomic E-state index is 0.116. The molecule has 13 heavy (non-hydrogen) atoms. The Balaban J connectivity index is 2.89. The third-order valence-corrected chi connectivity index (χ3v) is 2.29. The highest BCUT2D eigenvalue weighted by molar-refractivity contribution is 5.23. The van der Waals surface area contributed by atoms with Gasteiger partial charge in [-0.05, 0) is 19.0 Å². The zero-order valence-corrected chi connectivity index (χ0v) is 8.25. The van der Waals surface area contributed by atoms with Gasteiger partial charge < -0.3 is 10.4 Å². The maximum atomic E-state index is 9.31. The van der Waals surface area contributed by atoms with Crippen LogP contribution in [0.2, 0.25) is 0 Å². The maximum Gasteiger partial charge on any atom is 0.0652 e. The summed E-state index contributed by atoms with van der Waals surface area (Å²) >= 11 is 0. The van der Waals surface area contributed by atoms with Crippen LogP contribution in [-0.4, -0.2) is 18.3 Å². The van der Waals surface area contributed by atoms with E-state index in [9.17, 15) is 5.11 Å². The summed E-state index contributed by atoms with van der Waals surface area (Å²) in [6.07, 6.45) is 0. The van der Waals surface area contributed by atoms with Gasteiger partial charge in [-0.1, -0.05) is 37.3 Å². The molecule has 0 aliphatic carbocycles. The first-order valence-electron chi connectivity index (χ1n) is 4.64. The lowest BCUT2D eigenvalue weighted by Gasteiger charge is -2.28. The molecule has 1 atom stereocenters. The van der Waals surface area contributed by atoms with Crippen molar-refractivity contribution in [3.8, 4) is 0 Å². The monoisotopic (exact) mass is 179 g/mol. The number of aliphatic hydroxyl groups is 1. The highest BCUT2D eigenvalue weighted by atomic mass is 16.3. The molecular weight excluding hydrogens is 162 g/mol. The van der Waals surface area contributed by atoms with Crippen molar-refractivity contribution in [1.29, 1.82) is 0 Å². The van der Waals surface area contributed by atoms with E-state index in [1.807, 2.05) is 44.2 Å². The van der Waals surface area contributed by atoms with Gasteiger partial charge in [-0.2, -0.15) is 0 Å². The van der Waals surface area contributed by atoms with Crippen LogP contribution in [-0.2, 0) is 5.54 Å². The van der Waals surface area contributed by atoms with Crippen molar-refractivity contribution in [2.75, 3.05) is 13.2 Å². The molecule has 0 heterocycles. The van der Waals surface area contributed by atoms with Crippen LogP contribution in [0.25, 0.3) is 0 Å². The molecule has 0 radical (unpaired) electrons. The molecule has 0 aliphatic heterocycles. The minimum atomic E-state index is -0.310. The molecule has 0 amide bonds. The van der Waals surface area contributed by atoms with Crippen LogP contribution in [0.1, 0.15) is 19.4 Å². The fraction of sp³-hybridized carbons (Fsp3) is 0.455. The Morgan fingerprint density at radius 3 is 2.38 bits per heavy atom. The molecule has 1 unspecified atom stereocenters. The van der Waals surface area contributed by atoms with E-state index >= 15 is 0 Å². The molecule has 2 nitrogen and oxygen atoms in total. The van der Waals surface area contributed by atoms with Crippen LogP contribution in [0.15, 0.2) is 30.3 Å². The van der Waals surface area contributed by atoms with Gasteiger partial charge >= 0.3 is 0 Å². The molecule has 1 rings (SSSR count). The molecule has 1 aromatic carbocycles. The summed E-state index contributed by atoms with van der Waals surface area (Å²) in [5.74, 6) is 0. The third-order valence-electron chi connectivity index (χ3n) is 2.29. The Kier molecular flexibility index (Phi) is 3.46. The molecule has 0 saturated heterocycles. The molecule has 0 bridgehead atoms. The van der Waals surface area contributed by atoms with Crippen molar-refractivity contribution in [2.24, 2.45) is 0 Å². The van der Waals surface area contributed by atoms with Crippen LogP contribution in [0.5, 0.6) is 0 Å². The van der Waals surface area contributed by atoms with Crippen LogP contribution in [0.3, 0.4) is 0 Å². The largest absolute Gasteiger partial charge is 0.394 e. The molecular formula is C11H17NO. The number of benzene rings is 1. The Hall–Kier alpha value is -0.860. The van der Waals surface area contributed by atoms with Crippen molar-refractivity contribution >= 4 is 0 Å². The molecule has 0 aliphatic rings. The van der Waals surface area contributed by atoms with Gasteiger partial charge in [-0.25, -0.2) is 0 Å². The zero-order chi connectivity index (χ0) is 9.73.